The highest BCUT2D eigenvalue weighted by atomic mass is 79.9. The largest absolute Gasteiger partial charge is 0.477 e. The van der Waals surface area contributed by atoms with Crippen molar-refractivity contribution in [3.8, 4) is 11.5 Å². The number of amides is 1. The Kier molecular flexibility index (Phi) is 7.18. The summed E-state index contributed by atoms with van der Waals surface area (Å²) < 4.78 is 6.62. The number of para-hydroxylation sites is 1. The maximum absolute atomic E-state index is 12.4. The molecule has 2 aromatic carbocycles. The Morgan fingerprint density at radius 3 is 2.39 bits per heavy atom. The lowest BCUT2D eigenvalue weighted by Gasteiger charge is -2.21. The number of allylic oxidation sites excluding steroid dienone is 1. The van der Waals surface area contributed by atoms with Crippen LogP contribution >= 0.6 is 15.9 Å². The van der Waals surface area contributed by atoms with Crippen molar-refractivity contribution in [3.05, 3.63) is 76.9 Å². The summed E-state index contributed by atoms with van der Waals surface area (Å²) in [6.07, 6.45) is 3.48. The van der Waals surface area contributed by atoms with Crippen LogP contribution in [0.1, 0.15) is 25.8 Å². The fourth-order valence-electron chi connectivity index (χ4n) is 2.35. The van der Waals surface area contributed by atoms with Crippen molar-refractivity contribution in [2.75, 3.05) is 0 Å². The average Bonchev–Trinajstić information content (AvgIpc) is 2.64. The number of carboxylic acids is 1. The maximum Gasteiger partial charge on any atom is 0.352 e. The summed E-state index contributed by atoms with van der Waals surface area (Å²) in [5, 5.41) is 11.9. The number of hydrogen-bond donors (Lipinski definition) is 2. The molecule has 0 aliphatic carbocycles. The third kappa shape index (κ3) is 5.82. The highest BCUT2D eigenvalue weighted by Gasteiger charge is 2.27. The summed E-state index contributed by atoms with van der Waals surface area (Å²) in [6, 6.07) is 14.4. The van der Waals surface area contributed by atoms with Crippen LogP contribution in [0.25, 0.3) is 6.08 Å². The molecule has 0 aliphatic rings. The van der Waals surface area contributed by atoms with E-state index in [9.17, 15) is 14.7 Å². The molecule has 2 N–H and O–H groups in total. The van der Waals surface area contributed by atoms with E-state index in [0.29, 0.717) is 23.5 Å². The fraction of sp³-hybridized carbons (Fsp3) is 0.182. The average molecular weight is 444 g/mol. The van der Waals surface area contributed by atoms with Gasteiger partial charge in [0.25, 0.3) is 0 Å². The Balaban J connectivity index is 2.16. The molecule has 5 nitrogen and oxygen atoms in total. The second kappa shape index (κ2) is 9.37. The quantitative estimate of drug-likeness (QED) is 0.423. The van der Waals surface area contributed by atoms with Crippen molar-refractivity contribution >= 4 is 33.9 Å². The minimum absolute atomic E-state index is 0.193. The molecule has 0 aromatic heterocycles. The van der Waals surface area contributed by atoms with Gasteiger partial charge in [0.1, 0.15) is 17.2 Å². The van der Waals surface area contributed by atoms with Gasteiger partial charge in [-0.05, 0) is 58.3 Å². The smallest absolute Gasteiger partial charge is 0.352 e. The Bertz CT molecular complexity index is 901. The number of ether oxygens (including phenoxy) is 1. The lowest BCUT2D eigenvalue weighted by atomic mass is 9.88. The Labute approximate surface area is 172 Å². The minimum Gasteiger partial charge on any atom is -0.477 e. The minimum atomic E-state index is -1.21. The molecule has 0 saturated heterocycles. The summed E-state index contributed by atoms with van der Waals surface area (Å²) in [6.45, 7) is 7.10. The van der Waals surface area contributed by atoms with Crippen molar-refractivity contribution in [2.45, 2.75) is 20.3 Å². The molecule has 0 aliphatic heterocycles. The molecule has 0 unspecified atom stereocenters. The van der Waals surface area contributed by atoms with Gasteiger partial charge in [-0.1, -0.05) is 44.2 Å². The van der Waals surface area contributed by atoms with E-state index in [4.69, 9.17) is 4.74 Å². The monoisotopic (exact) mass is 443 g/mol. The number of benzene rings is 2. The predicted octanol–water partition coefficient (Wildman–Crippen LogP) is 5.39. The van der Waals surface area contributed by atoms with Crippen LogP contribution in [0.2, 0.25) is 0 Å². The molecule has 0 heterocycles. The number of nitrogens with one attached hydrogen (secondary N) is 1. The second-order valence-electron chi connectivity index (χ2n) is 6.80. The number of hydrogen-bond acceptors (Lipinski definition) is 3. The molecular formula is C22H22BrNO4. The number of rotatable bonds is 8. The van der Waals surface area contributed by atoms with Gasteiger partial charge >= 0.3 is 5.97 Å². The van der Waals surface area contributed by atoms with Crippen LogP contribution in [0, 0.1) is 5.41 Å². The third-order valence-electron chi connectivity index (χ3n) is 4.00. The highest BCUT2D eigenvalue weighted by Crippen LogP contribution is 2.29. The summed E-state index contributed by atoms with van der Waals surface area (Å²) in [4.78, 5) is 23.9. The molecule has 0 bridgehead atoms. The van der Waals surface area contributed by atoms with Crippen molar-refractivity contribution < 1.29 is 19.4 Å². The zero-order valence-electron chi connectivity index (χ0n) is 15.7. The summed E-state index contributed by atoms with van der Waals surface area (Å²) in [7, 11) is 0. The third-order valence-corrected chi connectivity index (χ3v) is 4.66. The van der Waals surface area contributed by atoms with Gasteiger partial charge in [0.15, 0.2) is 0 Å². The van der Waals surface area contributed by atoms with Gasteiger partial charge in [0.2, 0.25) is 5.91 Å². The predicted molar refractivity (Wildman–Crippen MR) is 113 cm³/mol. The van der Waals surface area contributed by atoms with Gasteiger partial charge in [-0.25, -0.2) is 4.79 Å². The van der Waals surface area contributed by atoms with Crippen LogP contribution in [0.4, 0.5) is 0 Å². The normalized spacial score (nSPS) is 11.6. The summed E-state index contributed by atoms with van der Waals surface area (Å²) in [5.41, 5.74) is -0.322. The van der Waals surface area contributed by atoms with E-state index >= 15 is 0 Å². The van der Waals surface area contributed by atoms with Crippen LogP contribution in [0.3, 0.4) is 0 Å². The van der Waals surface area contributed by atoms with E-state index in [1.165, 1.54) is 6.08 Å². The SMILES string of the molecule is C=CCC(C)(C)C(=O)N/C(=C/c1ccc(Oc2ccccc2Br)cc1)C(=O)O. The second-order valence-corrected chi connectivity index (χ2v) is 7.65. The molecule has 2 rings (SSSR count). The summed E-state index contributed by atoms with van der Waals surface area (Å²) in [5.74, 6) is -0.308. The number of carboxylic acid groups (broad SMARTS) is 1. The van der Waals surface area contributed by atoms with E-state index in [1.807, 2.05) is 24.3 Å². The molecule has 0 saturated carbocycles. The van der Waals surface area contributed by atoms with Crippen LogP contribution < -0.4 is 10.1 Å². The molecule has 6 heteroatoms. The van der Waals surface area contributed by atoms with Gasteiger partial charge in [-0.3, -0.25) is 4.79 Å². The van der Waals surface area contributed by atoms with Gasteiger partial charge in [0, 0.05) is 5.41 Å². The number of carbonyl (C=O) groups is 2. The topological polar surface area (TPSA) is 75.6 Å². The molecule has 0 spiro atoms. The first-order chi connectivity index (χ1) is 13.2. The first-order valence-corrected chi connectivity index (χ1v) is 9.42. The van der Waals surface area contributed by atoms with E-state index < -0.39 is 11.4 Å². The molecular weight excluding hydrogens is 422 g/mol. The van der Waals surface area contributed by atoms with E-state index in [0.717, 1.165) is 4.47 Å². The molecule has 28 heavy (non-hydrogen) atoms. The van der Waals surface area contributed by atoms with Crippen LogP contribution in [0.15, 0.2) is 71.4 Å². The Morgan fingerprint density at radius 1 is 1.18 bits per heavy atom. The summed E-state index contributed by atoms with van der Waals surface area (Å²) >= 11 is 3.42. The maximum atomic E-state index is 12.4. The Hall–Kier alpha value is -2.86. The van der Waals surface area contributed by atoms with E-state index in [-0.39, 0.29) is 11.6 Å². The van der Waals surface area contributed by atoms with Gasteiger partial charge in [-0.2, -0.15) is 0 Å². The van der Waals surface area contributed by atoms with Crippen molar-refractivity contribution in [2.24, 2.45) is 5.41 Å². The Morgan fingerprint density at radius 2 is 1.82 bits per heavy atom. The van der Waals surface area contributed by atoms with Gasteiger partial charge in [0.05, 0.1) is 4.47 Å². The zero-order valence-corrected chi connectivity index (χ0v) is 17.3. The van der Waals surface area contributed by atoms with E-state index in [2.05, 4.69) is 27.8 Å². The van der Waals surface area contributed by atoms with Crippen LogP contribution in [0.5, 0.6) is 11.5 Å². The lowest BCUT2D eigenvalue weighted by Crippen LogP contribution is -2.38. The highest BCUT2D eigenvalue weighted by molar-refractivity contribution is 9.10. The van der Waals surface area contributed by atoms with Crippen molar-refractivity contribution in [1.29, 1.82) is 0 Å². The van der Waals surface area contributed by atoms with Crippen molar-refractivity contribution in [1.82, 2.24) is 5.32 Å². The molecule has 0 fully saturated rings. The molecule has 2 aromatic rings. The first-order valence-electron chi connectivity index (χ1n) is 8.63. The molecule has 0 radical (unpaired) electrons. The molecule has 1 amide bonds. The lowest BCUT2D eigenvalue weighted by molar-refractivity contribution is -0.136. The van der Waals surface area contributed by atoms with Crippen LogP contribution in [-0.2, 0) is 9.59 Å². The van der Waals surface area contributed by atoms with Gasteiger partial charge < -0.3 is 15.2 Å². The molecule has 146 valence electrons. The molecule has 0 atom stereocenters. The fourth-order valence-corrected chi connectivity index (χ4v) is 2.72. The number of aliphatic carboxylic acids is 1. The number of halogens is 1. The van der Waals surface area contributed by atoms with E-state index in [1.54, 1.807) is 44.2 Å². The standard InChI is InChI=1S/C22H22BrNO4/c1-4-13-22(2,3)21(27)24-18(20(25)26)14-15-9-11-16(12-10-15)28-19-8-6-5-7-17(19)23/h4-12,14H,1,13H2,2-3H3,(H,24,27)(H,25,26)/b18-14+. The van der Waals surface area contributed by atoms with Crippen LogP contribution in [-0.4, -0.2) is 17.0 Å². The number of carbonyl (C=O) groups excluding carboxylic acids is 1. The van der Waals surface area contributed by atoms with Gasteiger partial charge in [-0.15, -0.1) is 6.58 Å². The van der Waals surface area contributed by atoms with Crippen molar-refractivity contribution in [3.63, 3.8) is 0 Å². The zero-order chi connectivity index (χ0) is 20.7. The first kappa shape index (κ1) is 21.4.